The average molecular weight is 189 g/mol. The average Bonchev–Trinajstić information content (AvgIpc) is 2.11. The van der Waals surface area contributed by atoms with Gasteiger partial charge in [0.05, 0.1) is 0 Å². The van der Waals surface area contributed by atoms with Crippen molar-refractivity contribution in [3.63, 3.8) is 0 Å². The summed E-state index contributed by atoms with van der Waals surface area (Å²) >= 11 is 0. The Bertz CT molecular complexity index is 340. The molecule has 0 saturated heterocycles. The molecule has 0 aliphatic rings. The zero-order valence-electron chi connectivity index (χ0n) is 8.59. The molecule has 74 valence electrons. The summed E-state index contributed by atoms with van der Waals surface area (Å²) in [6.45, 7) is 2.88. The van der Waals surface area contributed by atoms with Gasteiger partial charge in [0, 0.05) is 13.0 Å². The minimum atomic E-state index is 0.530. The van der Waals surface area contributed by atoms with Gasteiger partial charge < -0.3 is 11.1 Å². The van der Waals surface area contributed by atoms with Crippen LogP contribution in [0.25, 0.3) is 0 Å². The van der Waals surface area contributed by atoms with E-state index in [1.54, 1.807) is 0 Å². The minimum Gasteiger partial charge on any atom is -0.384 e. The molecule has 0 atom stereocenters. The lowest BCUT2D eigenvalue weighted by Gasteiger charge is -1.96. The van der Waals surface area contributed by atoms with E-state index in [1.807, 2.05) is 26.1 Å². The summed E-state index contributed by atoms with van der Waals surface area (Å²) in [5.74, 6) is 6.54. The van der Waals surface area contributed by atoms with Crippen molar-refractivity contribution in [2.75, 3.05) is 19.3 Å². The van der Waals surface area contributed by atoms with Crippen LogP contribution < -0.4 is 11.1 Å². The molecule has 0 amide bonds. The number of aromatic nitrogens is 1. The third-order valence-corrected chi connectivity index (χ3v) is 1.71. The molecular formula is C11H15N3. The fourth-order valence-electron chi connectivity index (χ4n) is 1.10. The summed E-state index contributed by atoms with van der Waals surface area (Å²) in [6, 6.07) is 3.77. The van der Waals surface area contributed by atoms with Crippen molar-refractivity contribution in [3.05, 3.63) is 23.4 Å². The van der Waals surface area contributed by atoms with Crippen LogP contribution in [0.2, 0.25) is 0 Å². The Morgan fingerprint density at radius 3 is 2.93 bits per heavy atom. The van der Waals surface area contributed by atoms with Gasteiger partial charge in [-0.3, -0.25) is 0 Å². The summed E-state index contributed by atoms with van der Waals surface area (Å²) in [5, 5.41) is 3.03. The van der Waals surface area contributed by atoms with Crippen molar-refractivity contribution in [3.8, 4) is 11.8 Å². The first kappa shape index (κ1) is 10.6. The molecule has 1 aromatic rings. The van der Waals surface area contributed by atoms with Crippen LogP contribution in [-0.4, -0.2) is 18.6 Å². The topological polar surface area (TPSA) is 50.9 Å². The number of nitrogens with one attached hydrogen (secondary N) is 1. The normalized spacial score (nSPS) is 9.29. The number of pyridine rings is 1. The maximum atomic E-state index is 5.60. The van der Waals surface area contributed by atoms with Crippen molar-refractivity contribution in [2.24, 2.45) is 0 Å². The van der Waals surface area contributed by atoms with Crippen molar-refractivity contribution < 1.29 is 0 Å². The lowest BCUT2D eigenvalue weighted by molar-refractivity contribution is 0.818. The molecule has 0 aromatic carbocycles. The molecule has 0 radical (unpaired) electrons. The van der Waals surface area contributed by atoms with E-state index < -0.39 is 0 Å². The van der Waals surface area contributed by atoms with Crippen LogP contribution in [0.4, 0.5) is 5.82 Å². The third-order valence-electron chi connectivity index (χ3n) is 1.71. The van der Waals surface area contributed by atoms with E-state index in [0.29, 0.717) is 5.82 Å². The molecule has 0 fully saturated rings. The Morgan fingerprint density at radius 2 is 2.29 bits per heavy atom. The first-order valence-corrected chi connectivity index (χ1v) is 4.60. The molecule has 3 nitrogen and oxygen atoms in total. The number of hydrogen-bond acceptors (Lipinski definition) is 3. The number of anilines is 1. The zero-order chi connectivity index (χ0) is 10.4. The minimum absolute atomic E-state index is 0.530. The van der Waals surface area contributed by atoms with Crippen LogP contribution in [-0.2, 0) is 0 Å². The number of nitrogens with two attached hydrogens (primary N) is 1. The zero-order valence-corrected chi connectivity index (χ0v) is 8.59. The second-order valence-electron chi connectivity index (χ2n) is 3.11. The number of hydrogen-bond donors (Lipinski definition) is 2. The summed E-state index contributed by atoms with van der Waals surface area (Å²) < 4.78 is 0. The van der Waals surface area contributed by atoms with Gasteiger partial charge in [0.1, 0.15) is 11.5 Å². The largest absolute Gasteiger partial charge is 0.384 e. The Hall–Kier alpha value is -1.53. The lowest BCUT2D eigenvalue weighted by Crippen LogP contribution is -2.05. The van der Waals surface area contributed by atoms with E-state index in [-0.39, 0.29) is 0 Å². The van der Waals surface area contributed by atoms with Crippen LogP contribution in [0.15, 0.2) is 12.1 Å². The summed E-state index contributed by atoms with van der Waals surface area (Å²) in [6.07, 6.45) is 0.825. The van der Waals surface area contributed by atoms with E-state index >= 15 is 0 Å². The van der Waals surface area contributed by atoms with E-state index in [9.17, 15) is 0 Å². The molecule has 14 heavy (non-hydrogen) atoms. The SMILES string of the molecule is CNCCC#Cc1cc(C)cc(N)n1. The highest BCUT2D eigenvalue weighted by molar-refractivity contribution is 5.40. The highest BCUT2D eigenvalue weighted by Crippen LogP contribution is 2.04. The molecule has 0 bridgehead atoms. The maximum Gasteiger partial charge on any atom is 0.125 e. The predicted molar refractivity (Wildman–Crippen MR) is 58.8 cm³/mol. The molecule has 0 aliphatic carbocycles. The van der Waals surface area contributed by atoms with Gasteiger partial charge in [0.2, 0.25) is 0 Å². The van der Waals surface area contributed by atoms with Gasteiger partial charge in [-0.1, -0.05) is 5.92 Å². The fraction of sp³-hybridized carbons (Fsp3) is 0.364. The Labute approximate surface area is 84.7 Å². The second kappa shape index (κ2) is 5.25. The molecular weight excluding hydrogens is 174 g/mol. The van der Waals surface area contributed by atoms with Crippen LogP contribution >= 0.6 is 0 Å². The number of nitrogens with zero attached hydrogens (tertiary/aromatic N) is 1. The summed E-state index contributed by atoms with van der Waals surface area (Å²) in [4.78, 5) is 4.12. The second-order valence-corrected chi connectivity index (χ2v) is 3.11. The fourth-order valence-corrected chi connectivity index (χ4v) is 1.10. The Morgan fingerprint density at radius 1 is 1.50 bits per heavy atom. The monoisotopic (exact) mass is 189 g/mol. The van der Waals surface area contributed by atoms with Gasteiger partial charge >= 0.3 is 0 Å². The highest BCUT2D eigenvalue weighted by Gasteiger charge is 1.93. The van der Waals surface area contributed by atoms with Crippen molar-refractivity contribution >= 4 is 5.82 Å². The van der Waals surface area contributed by atoms with Crippen molar-refractivity contribution in [1.29, 1.82) is 0 Å². The van der Waals surface area contributed by atoms with Gasteiger partial charge in [0.25, 0.3) is 0 Å². The van der Waals surface area contributed by atoms with Crippen molar-refractivity contribution in [2.45, 2.75) is 13.3 Å². The predicted octanol–water partition coefficient (Wildman–Crippen LogP) is 0.933. The molecule has 1 heterocycles. The molecule has 0 unspecified atom stereocenters. The first-order valence-electron chi connectivity index (χ1n) is 4.60. The Balaban J connectivity index is 2.69. The molecule has 3 N–H and O–H groups in total. The number of nitrogen functional groups attached to an aromatic ring is 1. The molecule has 0 aliphatic heterocycles. The van der Waals surface area contributed by atoms with Gasteiger partial charge in [-0.05, 0) is 37.6 Å². The van der Waals surface area contributed by atoms with Crippen LogP contribution in [0, 0.1) is 18.8 Å². The third kappa shape index (κ3) is 3.46. The lowest BCUT2D eigenvalue weighted by atomic mass is 10.2. The van der Waals surface area contributed by atoms with Gasteiger partial charge in [-0.25, -0.2) is 4.98 Å². The molecule has 0 saturated carbocycles. The van der Waals surface area contributed by atoms with E-state index in [2.05, 4.69) is 22.1 Å². The highest BCUT2D eigenvalue weighted by atomic mass is 14.8. The quantitative estimate of drug-likeness (QED) is 0.537. The molecule has 3 heteroatoms. The van der Waals surface area contributed by atoms with E-state index in [0.717, 1.165) is 24.2 Å². The molecule has 1 aromatic heterocycles. The molecule has 0 spiro atoms. The van der Waals surface area contributed by atoms with E-state index in [1.165, 1.54) is 0 Å². The smallest absolute Gasteiger partial charge is 0.125 e. The van der Waals surface area contributed by atoms with Crippen LogP contribution in [0.1, 0.15) is 17.7 Å². The van der Waals surface area contributed by atoms with Crippen LogP contribution in [0.3, 0.4) is 0 Å². The standard InChI is InChI=1S/C11H15N3/c1-9-7-10(14-11(12)8-9)5-3-4-6-13-2/h7-8,13H,4,6H2,1-2H3,(H2,12,14). The van der Waals surface area contributed by atoms with Gasteiger partial charge in [-0.15, -0.1) is 0 Å². The summed E-state index contributed by atoms with van der Waals surface area (Å²) in [7, 11) is 1.91. The van der Waals surface area contributed by atoms with Gasteiger partial charge in [-0.2, -0.15) is 0 Å². The molecule has 1 rings (SSSR count). The van der Waals surface area contributed by atoms with Gasteiger partial charge in [0.15, 0.2) is 0 Å². The first-order chi connectivity index (χ1) is 6.72. The summed E-state index contributed by atoms with van der Waals surface area (Å²) in [5.41, 5.74) is 7.44. The van der Waals surface area contributed by atoms with Crippen molar-refractivity contribution in [1.82, 2.24) is 10.3 Å². The Kier molecular flexibility index (Phi) is 3.96. The number of rotatable bonds is 2. The van der Waals surface area contributed by atoms with E-state index in [4.69, 9.17) is 5.73 Å². The maximum absolute atomic E-state index is 5.60. The number of aryl methyl sites for hydroxylation is 1. The van der Waals surface area contributed by atoms with Crippen LogP contribution in [0.5, 0.6) is 0 Å².